The van der Waals surface area contributed by atoms with Crippen molar-refractivity contribution in [2.45, 2.75) is 18.5 Å². The van der Waals surface area contributed by atoms with E-state index in [0.717, 1.165) is 12.1 Å². The van der Waals surface area contributed by atoms with Crippen LogP contribution in [0.4, 0.5) is 13.2 Å². The van der Waals surface area contributed by atoms with E-state index in [2.05, 4.69) is 0 Å². The monoisotopic (exact) mass is 230 g/mol. The van der Waals surface area contributed by atoms with Crippen LogP contribution >= 0.6 is 0 Å². The van der Waals surface area contributed by atoms with E-state index in [1.807, 2.05) is 0 Å². The summed E-state index contributed by atoms with van der Waals surface area (Å²) in [6.45, 7) is 0. The molecule has 1 N–H and O–H groups in total. The predicted molar refractivity (Wildman–Crippen MR) is 49.9 cm³/mol. The first-order chi connectivity index (χ1) is 7.39. The van der Waals surface area contributed by atoms with Gasteiger partial charge in [0.2, 0.25) is 0 Å². The maximum atomic E-state index is 12.4. The second-order valence-electron chi connectivity index (χ2n) is 3.91. The van der Waals surface area contributed by atoms with Crippen molar-refractivity contribution in [1.82, 2.24) is 0 Å². The van der Waals surface area contributed by atoms with Crippen LogP contribution < -0.4 is 0 Å². The van der Waals surface area contributed by atoms with Crippen LogP contribution in [-0.4, -0.2) is 11.1 Å². The van der Waals surface area contributed by atoms with Gasteiger partial charge in [0.05, 0.1) is 11.5 Å². The maximum Gasteiger partial charge on any atom is 0.416 e. The van der Waals surface area contributed by atoms with Crippen LogP contribution in [0, 0.1) is 5.92 Å². The molecule has 1 fully saturated rings. The van der Waals surface area contributed by atoms with E-state index in [1.54, 1.807) is 6.07 Å². The summed E-state index contributed by atoms with van der Waals surface area (Å²) in [5.74, 6) is -1.73. The minimum absolute atomic E-state index is 0.264. The highest BCUT2D eigenvalue weighted by Crippen LogP contribution is 2.48. The van der Waals surface area contributed by atoms with E-state index in [0.29, 0.717) is 12.0 Å². The molecule has 0 bridgehead atoms. The van der Waals surface area contributed by atoms with Crippen LogP contribution in [0.1, 0.15) is 23.5 Å². The number of halogens is 3. The highest BCUT2D eigenvalue weighted by Gasteiger charge is 2.44. The van der Waals surface area contributed by atoms with E-state index in [4.69, 9.17) is 5.11 Å². The summed E-state index contributed by atoms with van der Waals surface area (Å²) in [4.78, 5) is 10.6. The highest BCUT2D eigenvalue weighted by atomic mass is 19.4. The molecule has 1 aromatic rings. The van der Waals surface area contributed by atoms with E-state index >= 15 is 0 Å². The number of hydrogen-bond acceptors (Lipinski definition) is 1. The van der Waals surface area contributed by atoms with E-state index in [9.17, 15) is 18.0 Å². The molecule has 16 heavy (non-hydrogen) atoms. The summed E-state index contributed by atoms with van der Waals surface area (Å²) in [7, 11) is 0. The molecule has 1 aliphatic carbocycles. The van der Waals surface area contributed by atoms with Crippen LogP contribution in [0.2, 0.25) is 0 Å². The first-order valence-electron chi connectivity index (χ1n) is 4.79. The molecule has 2 atom stereocenters. The molecule has 1 saturated carbocycles. The van der Waals surface area contributed by atoms with Crippen LogP contribution in [0.25, 0.3) is 0 Å². The number of aliphatic carboxylic acids is 1. The Morgan fingerprint density at radius 1 is 1.38 bits per heavy atom. The molecule has 0 heterocycles. The third kappa shape index (κ3) is 2.03. The van der Waals surface area contributed by atoms with Gasteiger partial charge in [-0.15, -0.1) is 0 Å². The average molecular weight is 230 g/mol. The zero-order valence-corrected chi connectivity index (χ0v) is 8.16. The molecule has 0 aromatic heterocycles. The van der Waals surface area contributed by atoms with Crippen LogP contribution in [-0.2, 0) is 11.0 Å². The third-order valence-corrected chi connectivity index (χ3v) is 2.75. The largest absolute Gasteiger partial charge is 0.481 e. The molecule has 2 rings (SSSR count). The molecule has 86 valence electrons. The predicted octanol–water partition coefficient (Wildman–Crippen LogP) is 2.89. The summed E-state index contributed by atoms with van der Waals surface area (Å²) < 4.78 is 37.2. The van der Waals surface area contributed by atoms with Crippen molar-refractivity contribution in [2.24, 2.45) is 5.92 Å². The molecule has 2 nitrogen and oxygen atoms in total. The molecule has 0 unspecified atom stereocenters. The zero-order chi connectivity index (χ0) is 11.9. The van der Waals surface area contributed by atoms with Gasteiger partial charge in [0, 0.05) is 0 Å². The van der Waals surface area contributed by atoms with Crippen LogP contribution in [0.3, 0.4) is 0 Å². The summed E-state index contributed by atoms with van der Waals surface area (Å²) in [5, 5.41) is 8.69. The number of alkyl halides is 3. The fraction of sp³-hybridized carbons (Fsp3) is 0.364. The Kier molecular flexibility index (Phi) is 2.40. The molecular formula is C11H9F3O2. The molecule has 0 radical (unpaired) electrons. The third-order valence-electron chi connectivity index (χ3n) is 2.75. The van der Waals surface area contributed by atoms with Crippen molar-refractivity contribution in [3.05, 3.63) is 35.4 Å². The zero-order valence-electron chi connectivity index (χ0n) is 8.16. The highest BCUT2D eigenvalue weighted by molar-refractivity contribution is 5.75. The van der Waals surface area contributed by atoms with Gasteiger partial charge < -0.3 is 5.11 Å². The van der Waals surface area contributed by atoms with Gasteiger partial charge in [-0.2, -0.15) is 13.2 Å². The normalized spacial score (nSPS) is 24.2. The van der Waals surface area contributed by atoms with E-state index in [1.165, 1.54) is 6.07 Å². The topological polar surface area (TPSA) is 37.3 Å². The second-order valence-corrected chi connectivity index (χ2v) is 3.91. The molecular weight excluding hydrogens is 221 g/mol. The van der Waals surface area contributed by atoms with Crippen molar-refractivity contribution < 1.29 is 23.1 Å². The Hall–Kier alpha value is -1.52. The Morgan fingerprint density at radius 3 is 2.56 bits per heavy atom. The minimum atomic E-state index is -4.37. The first-order valence-corrected chi connectivity index (χ1v) is 4.79. The summed E-state index contributed by atoms with van der Waals surface area (Å²) in [6.07, 6.45) is -3.94. The number of hydrogen-bond donors (Lipinski definition) is 1. The molecule has 0 aliphatic heterocycles. The Bertz CT molecular complexity index is 425. The maximum absolute atomic E-state index is 12.4. The van der Waals surface area contributed by atoms with Crippen LogP contribution in [0.15, 0.2) is 24.3 Å². The lowest BCUT2D eigenvalue weighted by molar-refractivity contribution is -0.138. The quantitative estimate of drug-likeness (QED) is 0.848. The van der Waals surface area contributed by atoms with Crippen molar-refractivity contribution >= 4 is 5.97 Å². The molecule has 1 aliphatic rings. The van der Waals surface area contributed by atoms with Gasteiger partial charge in [-0.3, -0.25) is 4.79 Å². The minimum Gasteiger partial charge on any atom is -0.481 e. The number of carboxylic acids is 1. The van der Waals surface area contributed by atoms with E-state index in [-0.39, 0.29) is 5.92 Å². The Balaban J connectivity index is 2.22. The van der Waals surface area contributed by atoms with Gasteiger partial charge in [-0.05, 0) is 24.0 Å². The van der Waals surface area contributed by atoms with Gasteiger partial charge in [0.1, 0.15) is 0 Å². The van der Waals surface area contributed by atoms with Gasteiger partial charge >= 0.3 is 12.1 Å². The summed E-state index contributed by atoms with van der Waals surface area (Å²) >= 11 is 0. The van der Waals surface area contributed by atoms with Crippen molar-refractivity contribution in [1.29, 1.82) is 0 Å². The Morgan fingerprint density at radius 2 is 2.06 bits per heavy atom. The number of benzene rings is 1. The number of carboxylic acid groups (broad SMARTS) is 1. The summed E-state index contributed by atoms with van der Waals surface area (Å²) in [5.41, 5.74) is -0.261. The SMILES string of the molecule is O=C(O)[C@H]1C[C@H]1c1cccc(C(F)(F)F)c1. The van der Waals surface area contributed by atoms with Crippen molar-refractivity contribution in [2.75, 3.05) is 0 Å². The first kappa shape index (κ1) is 11.0. The van der Waals surface area contributed by atoms with Crippen molar-refractivity contribution in [3.63, 3.8) is 0 Å². The Labute approximate surface area is 89.7 Å². The molecule has 0 spiro atoms. The van der Waals surface area contributed by atoms with Gasteiger partial charge in [-0.1, -0.05) is 18.2 Å². The fourth-order valence-electron chi connectivity index (χ4n) is 1.78. The van der Waals surface area contributed by atoms with Crippen molar-refractivity contribution in [3.8, 4) is 0 Å². The molecule has 5 heteroatoms. The van der Waals surface area contributed by atoms with E-state index < -0.39 is 23.6 Å². The standard InChI is InChI=1S/C11H9F3O2/c12-11(13,14)7-3-1-2-6(4-7)8-5-9(8)10(15)16/h1-4,8-9H,5H2,(H,15,16)/t8-,9-/m0/s1. The smallest absolute Gasteiger partial charge is 0.416 e. The molecule has 1 aromatic carbocycles. The lowest BCUT2D eigenvalue weighted by Crippen LogP contribution is -2.05. The van der Waals surface area contributed by atoms with Crippen LogP contribution in [0.5, 0.6) is 0 Å². The van der Waals surface area contributed by atoms with Gasteiger partial charge in [0.25, 0.3) is 0 Å². The lowest BCUT2D eigenvalue weighted by Gasteiger charge is -2.08. The number of carbonyl (C=O) groups is 1. The molecule has 0 saturated heterocycles. The fourth-order valence-corrected chi connectivity index (χ4v) is 1.78. The average Bonchev–Trinajstić information content (AvgIpc) is 2.96. The summed E-state index contributed by atoms with van der Waals surface area (Å²) in [6, 6.07) is 4.88. The lowest BCUT2D eigenvalue weighted by atomic mass is 10.1. The number of rotatable bonds is 2. The second kappa shape index (κ2) is 3.50. The van der Waals surface area contributed by atoms with Gasteiger partial charge in [-0.25, -0.2) is 0 Å². The van der Waals surface area contributed by atoms with Gasteiger partial charge in [0.15, 0.2) is 0 Å². The molecule has 0 amide bonds.